The van der Waals surface area contributed by atoms with E-state index in [1.54, 1.807) is 0 Å². The predicted molar refractivity (Wildman–Crippen MR) is 124 cm³/mol. The van der Waals surface area contributed by atoms with Crippen LogP contribution in [0.15, 0.2) is 42.5 Å². The van der Waals surface area contributed by atoms with E-state index in [0.717, 1.165) is 48.1 Å². The lowest BCUT2D eigenvalue weighted by Gasteiger charge is -2.31. The molecule has 0 unspecified atom stereocenters. The number of nitrogens with one attached hydrogen (secondary N) is 1. The monoisotopic (exact) mass is 408 g/mol. The van der Waals surface area contributed by atoms with Crippen molar-refractivity contribution in [3.05, 3.63) is 48.0 Å². The van der Waals surface area contributed by atoms with Crippen LogP contribution in [0.2, 0.25) is 0 Å². The van der Waals surface area contributed by atoms with Crippen LogP contribution >= 0.6 is 0 Å². The summed E-state index contributed by atoms with van der Waals surface area (Å²) in [4.78, 5) is 27.4. The number of carbonyl (C=O) groups is 2. The minimum atomic E-state index is 0.0301. The zero-order valence-electron chi connectivity index (χ0n) is 18.5. The van der Waals surface area contributed by atoms with Gasteiger partial charge in [0.25, 0.3) is 5.91 Å². The first kappa shape index (κ1) is 22.3. The molecule has 2 amide bonds. The lowest BCUT2D eigenvalue weighted by molar-refractivity contribution is -0.126. The summed E-state index contributed by atoms with van der Waals surface area (Å²) in [5.74, 6) is 1.05. The van der Waals surface area contributed by atoms with Gasteiger partial charge in [-0.3, -0.25) is 9.59 Å². The van der Waals surface area contributed by atoms with E-state index in [9.17, 15) is 9.59 Å². The van der Waals surface area contributed by atoms with Crippen molar-refractivity contribution in [1.82, 2.24) is 10.2 Å². The van der Waals surface area contributed by atoms with E-state index in [2.05, 4.69) is 19.2 Å². The number of unbranched alkanes of at least 4 members (excludes halogenated alkanes) is 3. The van der Waals surface area contributed by atoms with Gasteiger partial charge in [0.1, 0.15) is 0 Å². The summed E-state index contributed by atoms with van der Waals surface area (Å²) >= 11 is 0. The van der Waals surface area contributed by atoms with Gasteiger partial charge in [0.15, 0.2) is 0 Å². The van der Waals surface area contributed by atoms with Crippen molar-refractivity contribution in [3.8, 4) is 0 Å². The lowest BCUT2D eigenvalue weighted by atomic mass is 9.94. The van der Waals surface area contributed by atoms with Crippen LogP contribution in [-0.4, -0.2) is 36.3 Å². The summed E-state index contributed by atoms with van der Waals surface area (Å²) in [6.07, 6.45) is 7.57. The van der Waals surface area contributed by atoms with Gasteiger partial charge in [0.05, 0.1) is 0 Å². The summed E-state index contributed by atoms with van der Waals surface area (Å²) in [7, 11) is 0. The molecule has 0 aromatic heterocycles. The molecule has 0 bridgehead atoms. The number of likely N-dealkylation sites (tertiary alicyclic amines) is 1. The lowest BCUT2D eigenvalue weighted by Crippen LogP contribution is -2.43. The maximum Gasteiger partial charge on any atom is 0.254 e. The fourth-order valence-electron chi connectivity index (χ4n) is 4.31. The largest absolute Gasteiger partial charge is 0.356 e. The highest BCUT2D eigenvalue weighted by molar-refractivity contribution is 6.07. The number of benzene rings is 2. The van der Waals surface area contributed by atoms with Crippen molar-refractivity contribution in [3.63, 3.8) is 0 Å². The molecule has 1 N–H and O–H groups in total. The molecule has 3 rings (SSSR count). The topological polar surface area (TPSA) is 49.4 Å². The van der Waals surface area contributed by atoms with Crippen LogP contribution in [0.25, 0.3) is 10.8 Å². The van der Waals surface area contributed by atoms with Crippen LogP contribution in [0.1, 0.15) is 69.2 Å². The molecule has 4 nitrogen and oxygen atoms in total. The normalized spacial score (nSPS) is 15.0. The molecular formula is C26H36N2O2. The van der Waals surface area contributed by atoms with Gasteiger partial charge in [0.2, 0.25) is 5.91 Å². The highest BCUT2D eigenvalue weighted by Gasteiger charge is 2.28. The Morgan fingerprint density at radius 1 is 0.967 bits per heavy atom. The molecule has 30 heavy (non-hydrogen) atoms. The molecule has 1 heterocycles. The Morgan fingerprint density at radius 3 is 2.43 bits per heavy atom. The Balaban J connectivity index is 1.41. The number of hydrogen-bond acceptors (Lipinski definition) is 2. The summed E-state index contributed by atoms with van der Waals surface area (Å²) in [6, 6.07) is 13.9. The van der Waals surface area contributed by atoms with Crippen LogP contribution in [0.3, 0.4) is 0 Å². The van der Waals surface area contributed by atoms with E-state index < -0.39 is 0 Å². The SMILES string of the molecule is CC(C)CCCCCCNC(=O)C1CCN(C(=O)c2cccc3ccccc23)CC1. The smallest absolute Gasteiger partial charge is 0.254 e. The molecule has 1 saturated heterocycles. The molecule has 0 atom stereocenters. The van der Waals surface area contributed by atoms with Crippen LogP contribution in [-0.2, 0) is 4.79 Å². The van der Waals surface area contributed by atoms with Gasteiger partial charge in [-0.25, -0.2) is 0 Å². The molecule has 1 fully saturated rings. The first-order valence-corrected chi connectivity index (χ1v) is 11.6. The molecule has 162 valence electrons. The highest BCUT2D eigenvalue weighted by Crippen LogP contribution is 2.23. The average Bonchev–Trinajstić information content (AvgIpc) is 2.77. The van der Waals surface area contributed by atoms with Gasteiger partial charge >= 0.3 is 0 Å². The number of amides is 2. The Morgan fingerprint density at radius 2 is 1.67 bits per heavy atom. The number of piperidine rings is 1. The van der Waals surface area contributed by atoms with Gasteiger partial charge < -0.3 is 10.2 Å². The van der Waals surface area contributed by atoms with E-state index in [0.29, 0.717) is 13.1 Å². The number of fused-ring (bicyclic) bond motifs is 1. The van der Waals surface area contributed by atoms with E-state index in [1.807, 2.05) is 47.4 Å². The van der Waals surface area contributed by atoms with E-state index in [4.69, 9.17) is 0 Å². The van der Waals surface area contributed by atoms with Gasteiger partial charge in [0, 0.05) is 31.1 Å². The molecule has 0 aliphatic carbocycles. The maximum atomic E-state index is 13.1. The fourth-order valence-corrected chi connectivity index (χ4v) is 4.31. The Kier molecular flexibility index (Phi) is 8.30. The van der Waals surface area contributed by atoms with Crippen LogP contribution in [0.5, 0.6) is 0 Å². The van der Waals surface area contributed by atoms with Crippen LogP contribution in [0, 0.1) is 11.8 Å². The summed E-state index contributed by atoms with van der Waals surface area (Å²) in [5, 5.41) is 5.19. The molecule has 0 radical (unpaired) electrons. The second kappa shape index (κ2) is 11.1. The van der Waals surface area contributed by atoms with Crippen molar-refractivity contribution in [2.24, 2.45) is 11.8 Å². The number of nitrogens with zero attached hydrogens (tertiary/aromatic N) is 1. The van der Waals surface area contributed by atoms with Crippen LogP contribution in [0.4, 0.5) is 0 Å². The molecule has 1 aliphatic rings. The first-order valence-electron chi connectivity index (χ1n) is 11.6. The minimum Gasteiger partial charge on any atom is -0.356 e. The number of hydrogen-bond donors (Lipinski definition) is 1. The minimum absolute atomic E-state index is 0.0301. The van der Waals surface area contributed by atoms with Crippen molar-refractivity contribution >= 4 is 22.6 Å². The van der Waals surface area contributed by atoms with E-state index in [1.165, 1.54) is 25.7 Å². The van der Waals surface area contributed by atoms with E-state index >= 15 is 0 Å². The Hall–Kier alpha value is -2.36. The standard InChI is InChI=1S/C26H36N2O2/c1-20(2)10-5-3-4-8-17-27-25(29)22-15-18-28(19-16-22)26(30)24-14-9-12-21-11-6-7-13-23(21)24/h6-7,9,11-14,20,22H,3-5,8,10,15-19H2,1-2H3,(H,27,29). The zero-order valence-corrected chi connectivity index (χ0v) is 18.5. The van der Waals surface area contributed by atoms with E-state index in [-0.39, 0.29) is 17.7 Å². The fraction of sp³-hybridized carbons (Fsp3) is 0.538. The summed E-state index contributed by atoms with van der Waals surface area (Å²) < 4.78 is 0. The average molecular weight is 409 g/mol. The molecule has 4 heteroatoms. The van der Waals surface area contributed by atoms with Gasteiger partial charge in [-0.1, -0.05) is 75.9 Å². The maximum absolute atomic E-state index is 13.1. The van der Waals surface area contributed by atoms with Gasteiger partial charge in [-0.05, 0) is 42.0 Å². The molecule has 0 spiro atoms. The Bertz CT molecular complexity index is 833. The molecule has 2 aromatic carbocycles. The quantitative estimate of drug-likeness (QED) is 0.564. The highest BCUT2D eigenvalue weighted by atomic mass is 16.2. The third kappa shape index (κ3) is 6.07. The van der Waals surface area contributed by atoms with Gasteiger partial charge in [-0.15, -0.1) is 0 Å². The summed E-state index contributed by atoms with van der Waals surface area (Å²) in [6.45, 7) is 6.60. The Labute approximate surface area is 181 Å². The third-order valence-electron chi connectivity index (χ3n) is 6.18. The van der Waals surface area contributed by atoms with Crippen molar-refractivity contribution in [2.45, 2.75) is 58.8 Å². The second-order valence-electron chi connectivity index (χ2n) is 8.98. The molecular weight excluding hydrogens is 372 g/mol. The van der Waals surface area contributed by atoms with Gasteiger partial charge in [-0.2, -0.15) is 0 Å². The van der Waals surface area contributed by atoms with Crippen molar-refractivity contribution in [2.75, 3.05) is 19.6 Å². The van der Waals surface area contributed by atoms with Crippen molar-refractivity contribution in [1.29, 1.82) is 0 Å². The summed E-state index contributed by atoms with van der Waals surface area (Å²) in [5.41, 5.74) is 0.758. The third-order valence-corrected chi connectivity index (χ3v) is 6.18. The number of rotatable bonds is 9. The zero-order chi connectivity index (χ0) is 21.3. The van der Waals surface area contributed by atoms with Crippen molar-refractivity contribution < 1.29 is 9.59 Å². The first-order chi connectivity index (χ1) is 14.6. The second-order valence-corrected chi connectivity index (χ2v) is 8.98. The van der Waals surface area contributed by atoms with Crippen LogP contribution < -0.4 is 5.32 Å². The molecule has 2 aromatic rings. The predicted octanol–water partition coefficient (Wildman–Crippen LogP) is 5.41. The molecule has 1 aliphatic heterocycles. The number of carbonyl (C=O) groups excluding carboxylic acids is 2. The molecule has 0 saturated carbocycles.